The van der Waals surface area contributed by atoms with Crippen LogP contribution in [-0.2, 0) is 0 Å². The van der Waals surface area contributed by atoms with Crippen LogP contribution in [0.3, 0.4) is 0 Å². The molecule has 0 amide bonds. The number of anilines is 1. The average molecular weight is 197 g/mol. The van der Waals surface area contributed by atoms with Crippen LogP contribution < -0.4 is 5.32 Å². The smallest absolute Gasteiger partial charge is 0.0461 e. The Labute approximate surface area is 90.4 Å². The third kappa shape index (κ3) is 2.01. The standard InChI is InChI=1S/C14H15N/c1-10(2)15-14-6-4-5-12-9-11(3)7-8-13(12)14/h4-9,15H,1H2,2-3H3. The van der Waals surface area contributed by atoms with Gasteiger partial charge in [-0.2, -0.15) is 0 Å². The van der Waals surface area contributed by atoms with Crippen molar-refractivity contribution in [2.75, 3.05) is 5.32 Å². The Bertz CT molecular complexity index is 512. The zero-order chi connectivity index (χ0) is 10.8. The van der Waals surface area contributed by atoms with Crippen LogP contribution in [0, 0.1) is 6.92 Å². The molecule has 76 valence electrons. The van der Waals surface area contributed by atoms with Crippen molar-refractivity contribution in [3.05, 3.63) is 54.2 Å². The molecule has 2 rings (SSSR count). The van der Waals surface area contributed by atoms with Crippen LogP contribution in [0.25, 0.3) is 10.8 Å². The van der Waals surface area contributed by atoms with Crippen LogP contribution in [0.15, 0.2) is 48.7 Å². The summed E-state index contributed by atoms with van der Waals surface area (Å²) in [6.45, 7) is 7.94. The summed E-state index contributed by atoms with van der Waals surface area (Å²) < 4.78 is 0. The predicted molar refractivity (Wildman–Crippen MR) is 67.1 cm³/mol. The summed E-state index contributed by atoms with van der Waals surface area (Å²) in [7, 11) is 0. The van der Waals surface area contributed by atoms with Gasteiger partial charge in [-0.1, -0.05) is 42.5 Å². The summed E-state index contributed by atoms with van der Waals surface area (Å²) in [5.74, 6) is 0. The van der Waals surface area contributed by atoms with E-state index >= 15 is 0 Å². The van der Waals surface area contributed by atoms with Crippen molar-refractivity contribution in [3.8, 4) is 0 Å². The second-order valence-electron chi connectivity index (χ2n) is 3.94. The molecule has 0 fully saturated rings. The van der Waals surface area contributed by atoms with E-state index in [1.165, 1.54) is 16.3 Å². The van der Waals surface area contributed by atoms with E-state index < -0.39 is 0 Å². The van der Waals surface area contributed by atoms with Crippen molar-refractivity contribution in [2.45, 2.75) is 13.8 Å². The van der Waals surface area contributed by atoms with Gasteiger partial charge in [0.05, 0.1) is 0 Å². The maximum absolute atomic E-state index is 3.86. The van der Waals surface area contributed by atoms with Gasteiger partial charge in [0, 0.05) is 16.8 Å². The lowest BCUT2D eigenvalue weighted by Gasteiger charge is -2.09. The molecule has 0 aromatic heterocycles. The largest absolute Gasteiger partial charge is 0.359 e. The molecule has 15 heavy (non-hydrogen) atoms. The van der Waals surface area contributed by atoms with Crippen LogP contribution in [0.2, 0.25) is 0 Å². The summed E-state index contributed by atoms with van der Waals surface area (Å²) in [6.07, 6.45) is 0. The van der Waals surface area contributed by atoms with Crippen LogP contribution in [0.1, 0.15) is 12.5 Å². The van der Waals surface area contributed by atoms with Gasteiger partial charge in [-0.25, -0.2) is 0 Å². The first kappa shape index (κ1) is 9.78. The predicted octanol–water partition coefficient (Wildman–Crippen LogP) is 4.09. The fourth-order valence-corrected chi connectivity index (χ4v) is 1.74. The molecule has 1 N–H and O–H groups in total. The summed E-state index contributed by atoms with van der Waals surface area (Å²) in [6, 6.07) is 12.7. The number of nitrogens with one attached hydrogen (secondary N) is 1. The SMILES string of the molecule is C=C(C)Nc1cccc2cc(C)ccc12. The number of fused-ring (bicyclic) bond motifs is 1. The zero-order valence-corrected chi connectivity index (χ0v) is 9.17. The van der Waals surface area contributed by atoms with Gasteiger partial charge < -0.3 is 5.32 Å². The zero-order valence-electron chi connectivity index (χ0n) is 9.17. The van der Waals surface area contributed by atoms with E-state index in [0.717, 1.165) is 11.4 Å². The molecule has 0 aliphatic carbocycles. The molecule has 2 aromatic rings. The lowest BCUT2D eigenvalue weighted by atomic mass is 10.1. The molecule has 0 spiro atoms. The number of rotatable bonds is 2. The highest BCUT2D eigenvalue weighted by molar-refractivity contribution is 5.94. The summed E-state index contributed by atoms with van der Waals surface area (Å²) in [5.41, 5.74) is 3.37. The van der Waals surface area contributed by atoms with E-state index in [-0.39, 0.29) is 0 Å². The Balaban J connectivity index is 2.60. The number of hydrogen-bond acceptors (Lipinski definition) is 1. The van der Waals surface area contributed by atoms with E-state index in [1.54, 1.807) is 0 Å². The molecule has 0 aliphatic heterocycles. The minimum Gasteiger partial charge on any atom is -0.359 e. The molecule has 0 aliphatic rings. The highest BCUT2D eigenvalue weighted by Gasteiger charge is 1.99. The van der Waals surface area contributed by atoms with E-state index in [1.807, 2.05) is 6.92 Å². The van der Waals surface area contributed by atoms with Gasteiger partial charge in [-0.3, -0.25) is 0 Å². The molecule has 1 heteroatoms. The normalized spacial score (nSPS) is 10.3. The van der Waals surface area contributed by atoms with E-state index in [0.29, 0.717) is 0 Å². The molecular weight excluding hydrogens is 182 g/mol. The lowest BCUT2D eigenvalue weighted by Crippen LogP contribution is -1.94. The minimum absolute atomic E-state index is 0.961. The quantitative estimate of drug-likeness (QED) is 0.764. The molecule has 0 saturated carbocycles. The first-order chi connectivity index (χ1) is 7.16. The average Bonchev–Trinajstić information content (AvgIpc) is 2.16. The third-order valence-electron chi connectivity index (χ3n) is 2.38. The Morgan fingerprint density at radius 3 is 2.73 bits per heavy atom. The van der Waals surface area contributed by atoms with Gasteiger partial charge in [0.2, 0.25) is 0 Å². The molecule has 2 aromatic carbocycles. The first-order valence-electron chi connectivity index (χ1n) is 5.09. The fraction of sp³-hybridized carbons (Fsp3) is 0.143. The topological polar surface area (TPSA) is 12.0 Å². The van der Waals surface area contributed by atoms with Gasteiger partial charge >= 0.3 is 0 Å². The van der Waals surface area contributed by atoms with E-state index in [4.69, 9.17) is 0 Å². The summed E-state index contributed by atoms with van der Waals surface area (Å²) in [4.78, 5) is 0. The molecule has 0 bridgehead atoms. The second-order valence-corrected chi connectivity index (χ2v) is 3.94. The number of hydrogen-bond donors (Lipinski definition) is 1. The van der Waals surface area contributed by atoms with Crippen LogP contribution in [-0.4, -0.2) is 0 Å². The monoisotopic (exact) mass is 197 g/mol. The number of benzene rings is 2. The Hall–Kier alpha value is -1.76. The highest BCUT2D eigenvalue weighted by atomic mass is 14.9. The maximum Gasteiger partial charge on any atom is 0.0461 e. The van der Waals surface area contributed by atoms with Crippen molar-refractivity contribution in [3.63, 3.8) is 0 Å². The molecule has 0 unspecified atom stereocenters. The van der Waals surface area contributed by atoms with Gasteiger partial charge in [0.15, 0.2) is 0 Å². The second kappa shape index (κ2) is 3.77. The van der Waals surface area contributed by atoms with E-state index in [9.17, 15) is 0 Å². The first-order valence-corrected chi connectivity index (χ1v) is 5.09. The molecule has 0 heterocycles. The van der Waals surface area contributed by atoms with Gasteiger partial charge in [-0.15, -0.1) is 0 Å². The molecular formula is C14H15N. The molecule has 0 saturated heterocycles. The molecule has 0 atom stereocenters. The van der Waals surface area contributed by atoms with Crippen molar-refractivity contribution in [2.24, 2.45) is 0 Å². The molecule has 0 radical (unpaired) electrons. The molecule has 1 nitrogen and oxygen atoms in total. The van der Waals surface area contributed by atoms with Crippen LogP contribution >= 0.6 is 0 Å². The number of aryl methyl sites for hydroxylation is 1. The van der Waals surface area contributed by atoms with Gasteiger partial charge in [-0.05, 0) is 25.3 Å². The minimum atomic E-state index is 0.961. The maximum atomic E-state index is 3.86. The Kier molecular flexibility index (Phi) is 2.46. The highest BCUT2D eigenvalue weighted by Crippen LogP contribution is 2.24. The van der Waals surface area contributed by atoms with Crippen molar-refractivity contribution in [1.29, 1.82) is 0 Å². The van der Waals surface area contributed by atoms with Crippen molar-refractivity contribution in [1.82, 2.24) is 0 Å². The summed E-state index contributed by atoms with van der Waals surface area (Å²) >= 11 is 0. The van der Waals surface area contributed by atoms with Crippen molar-refractivity contribution >= 4 is 16.5 Å². The van der Waals surface area contributed by atoms with Crippen molar-refractivity contribution < 1.29 is 0 Å². The Morgan fingerprint density at radius 2 is 2.00 bits per heavy atom. The van der Waals surface area contributed by atoms with Gasteiger partial charge in [0.25, 0.3) is 0 Å². The van der Waals surface area contributed by atoms with Gasteiger partial charge in [0.1, 0.15) is 0 Å². The lowest BCUT2D eigenvalue weighted by molar-refractivity contribution is 1.41. The third-order valence-corrected chi connectivity index (χ3v) is 2.38. The fourth-order valence-electron chi connectivity index (χ4n) is 1.74. The van der Waals surface area contributed by atoms with E-state index in [2.05, 4.69) is 55.2 Å². The Morgan fingerprint density at radius 1 is 1.20 bits per heavy atom. The van der Waals surface area contributed by atoms with Crippen LogP contribution in [0.4, 0.5) is 5.69 Å². The summed E-state index contributed by atoms with van der Waals surface area (Å²) in [5, 5.41) is 5.78. The van der Waals surface area contributed by atoms with Crippen LogP contribution in [0.5, 0.6) is 0 Å². The number of allylic oxidation sites excluding steroid dienone is 1.